The third-order valence-electron chi connectivity index (χ3n) is 5.01. The maximum Gasteiger partial charge on any atom is 0.490 e. The molecule has 0 aliphatic carbocycles. The third kappa shape index (κ3) is 5.89. The van der Waals surface area contributed by atoms with Gasteiger partial charge in [0.1, 0.15) is 5.82 Å². The van der Waals surface area contributed by atoms with Crippen LogP contribution in [0.4, 0.5) is 23.2 Å². The first-order valence-electron chi connectivity index (χ1n) is 10.4. The summed E-state index contributed by atoms with van der Waals surface area (Å²) in [6.45, 7) is 0. The van der Waals surface area contributed by atoms with Gasteiger partial charge in [-0.1, -0.05) is 17.8 Å². The molecule has 5 rings (SSSR count). The first-order valence-corrected chi connectivity index (χ1v) is 13.1. The van der Waals surface area contributed by atoms with E-state index in [1.165, 1.54) is 23.9 Å². The highest BCUT2D eigenvalue weighted by Gasteiger charge is 2.38. The number of hydrogen-bond acceptors (Lipinski definition) is 6. The van der Waals surface area contributed by atoms with Gasteiger partial charge in [-0.2, -0.15) is 13.2 Å². The molecular weight excluding hydrogens is 552 g/mol. The maximum absolute atomic E-state index is 14.0. The number of imidazole rings is 1. The second-order valence-electron chi connectivity index (χ2n) is 7.86. The molecule has 0 saturated heterocycles. The number of rotatable bonds is 4. The molecule has 0 amide bonds. The van der Waals surface area contributed by atoms with E-state index in [9.17, 15) is 30.8 Å². The first kappa shape index (κ1) is 26.9. The minimum atomic E-state index is -5.08. The van der Waals surface area contributed by atoms with Crippen molar-refractivity contribution < 1.29 is 35.9 Å². The number of H-pyrrole nitrogens is 2. The summed E-state index contributed by atoms with van der Waals surface area (Å²) in [4.78, 5) is 32.8. The molecule has 0 fully saturated rings. The van der Waals surface area contributed by atoms with Gasteiger partial charge in [0.05, 0.1) is 22.7 Å². The number of hydrogen-bond donors (Lipinski definition) is 4. The Morgan fingerprint density at radius 3 is 2.45 bits per heavy atom. The largest absolute Gasteiger partial charge is 0.490 e. The number of alkyl halides is 3. The Kier molecular flexibility index (Phi) is 7.08. The number of aliphatic carboxylic acids is 1. The average molecular weight is 569 g/mol. The van der Waals surface area contributed by atoms with Crippen LogP contribution in [0.25, 0.3) is 32.6 Å². The molecule has 0 aliphatic heterocycles. The van der Waals surface area contributed by atoms with Crippen molar-refractivity contribution in [1.29, 1.82) is 0 Å². The number of pyridine rings is 1. The van der Waals surface area contributed by atoms with Gasteiger partial charge in [-0.15, -0.1) is 0 Å². The Morgan fingerprint density at radius 1 is 1.08 bits per heavy atom. The molecular formula is C23H16F4N4O5S2. The van der Waals surface area contributed by atoms with Gasteiger partial charge in [0, 0.05) is 32.9 Å². The quantitative estimate of drug-likeness (QED) is 0.179. The molecule has 0 aliphatic rings. The number of aromatic nitrogens is 3. The van der Waals surface area contributed by atoms with Crippen LogP contribution >= 0.6 is 11.8 Å². The first-order chi connectivity index (χ1) is 17.7. The molecule has 9 nitrogen and oxygen atoms in total. The number of aromatic amines is 2. The molecule has 198 valence electrons. The van der Waals surface area contributed by atoms with Gasteiger partial charge in [0.25, 0.3) is 5.56 Å². The minimum Gasteiger partial charge on any atom is -0.475 e. The van der Waals surface area contributed by atoms with Crippen LogP contribution in [0.5, 0.6) is 0 Å². The van der Waals surface area contributed by atoms with Crippen molar-refractivity contribution in [1.82, 2.24) is 15.0 Å². The Hall–Kier alpha value is -4.11. The molecule has 3 aromatic carbocycles. The molecule has 4 N–H and O–H groups in total. The Morgan fingerprint density at radius 2 is 1.79 bits per heavy atom. The summed E-state index contributed by atoms with van der Waals surface area (Å²) in [5.41, 5.74) is 1.44. The number of nitrogens with one attached hydrogen (secondary N) is 3. The maximum atomic E-state index is 14.0. The van der Waals surface area contributed by atoms with Crippen molar-refractivity contribution in [3.05, 3.63) is 70.9 Å². The van der Waals surface area contributed by atoms with Gasteiger partial charge >= 0.3 is 12.1 Å². The van der Waals surface area contributed by atoms with Gasteiger partial charge in [-0.3, -0.25) is 9.52 Å². The molecule has 0 atom stereocenters. The molecule has 0 radical (unpaired) electrons. The van der Waals surface area contributed by atoms with Crippen LogP contribution in [0.1, 0.15) is 0 Å². The number of nitrogens with zero attached hydrogens (tertiary/aromatic N) is 1. The molecule has 2 heterocycles. The summed E-state index contributed by atoms with van der Waals surface area (Å²) < 4.78 is 71.1. The van der Waals surface area contributed by atoms with E-state index in [0.717, 1.165) is 11.2 Å². The molecule has 38 heavy (non-hydrogen) atoms. The van der Waals surface area contributed by atoms with Gasteiger partial charge < -0.3 is 15.1 Å². The SMILES string of the molecule is CS(=O)(=O)Nc1cccc(Sc2nc3c4ccc(F)cc4c4c(=O)[nH]ccc4c3[nH]2)c1.O=C(O)C(F)(F)F. The van der Waals surface area contributed by atoms with E-state index in [4.69, 9.17) is 9.90 Å². The molecule has 0 unspecified atom stereocenters. The highest BCUT2D eigenvalue weighted by Crippen LogP contribution is 2.36. The number of benzene rings is 3. The standard InChI is InChI=1S/C21H15FN4O3S2.C2HF3O2/c1-31(28,29)26-12-3-2-4-13(10-12)30-21-24-18-14-6-5-11(22)9-16(14)17-15(19(18)25-21)7-8-23-20(17)27;3-2(4,5)1(6)7/h2-10,26H,1H3,(H,23,27)(H,24,25);(H,6,7). The van der Waals surface area contributed by atoms with E-state index in [0.29, 0.717) is 43.4 Å². The van der Waals surface area contributed by atoms with Gasteiger partial charge in [0.2, 0.25) is 10.0 Å². The molecule has 0 saturated carbocycles. The zero-order valence-corrected chi connectivity index (χ0v) is 20.7. The van der Waals surface area contributed by atoms with Gasteiger partial charge in [-0.05, 0) is 42.5 Å². The summed E-state index contributed by atoms with van der Waals surface area (Å²) in [5, 5.41) is 9.88. The fraction of sp³-hybridized carbons (Fsp3) is 0.0870. The fourth-order valence-electron chi connectivity index (χ4n) is 3.62. The summed E-state index contributed by atoms with van der Waals surface area (Å²) >= 11 is 1.32. The van der Waals surface area contributed by atoms with Crippen LogP contribution in [-0.4, -0.2) is 46.9 Å². The summed E-state index contributed by atoms with van der Waals surface area (Å²) in [6, 6.07) is 13.0. The lowest BCUT2D eigenvalue weighted by atomic mass is 10.0. The highest BCUT2D eigenvalue weighted by molar-refractivity contribution is 7.99. The minimum absolute atomic E-state index is 0.307. The van der Waals surface area contributed by atoms with Crippen LogP contribution in [0.15, 0.2) is 69.6 Å². The van der Waals surface area contributed by atoms with Crippen molar-refractivity contribution >= 4 is 66.0 Å². The van der Waals surface area contributed by atoms with Crippen molar-refractivity contribution in [2.45, 2.75) is 16.2 Å². The summed E-state index contributed by atoms with van der Waals surface area (Å²) in [7, 11) is -3.39. The molecule has 5 aromatic rings. The topological polar surface area (TPSA) is 145 Å². The third-order valence-corrected chi connectivity index (χ3v) is 6.50. The number of anilines is 1. The fourth-order valence-corrected chi connectivity index (χ4v) is 5.02. The van der Waals surface area contributed by atoms with E-state index in [1.54, 1.807) is 36.5 Å². The van der Waals surface area contributed by atoms with Gasteiger partial charge in [-0.25, -0.2) is 22.6 Å². The average Bonchev–Trinajstić information content (AvgIpc) is 3.22. The number of carboxylic acid groups (broad SMARTS) is 1. The van der Waals surface area contributed by atoms with E-state index < -0.39 is 28.0 Å². The van der Waals surface area contributed by atoms with Crippen molar-refractivity contribution in [2.75, 3.05) is 11.0 Å². The van der Waals surface area contributed by atoms with Crippen LogP contribution < -0.4 is 10.3 Å². The second-order valence-corrected chi connectivity index (χ2v) is 10.7. The highest BCUT2D eigenvalue weighted by atomic mass is 32.2. The number of halogens is 4. The molecule has 2 aromatic heterocycles. The van der Waals surface area contributed by atoms with E-state index in [-0.39, 0.29) is 5.56 Å². The Labute approximate surface area is 214 Å². The molecule has 0 spiro atoms. The monoisotopic (exact) mass is 568 g/mol. The van der Waals surface area contributed by atoms with Crippen LogP contribution in [-0.2, 0) is 14.8 Å². The van der Waals surface area contributed by atoms with E-state index in [1.807, 2.05) is 6.07 Å². The van der Waals surface area contributed by atoms with E-state index >= 15 is 0 Å². The van der Waals surface area contributed by atoms with Crippen LogP contribution in [0.2, 0.25) is 0 Å². The molecule has 0 bridgehead atoms. The second kappa shape index (κ2) is 9.98. The summed E-state index contributed by atoms with van der Waals surface area (Å²) in [5.74, 6) is -3.19. The van der Waals surface area contributed by atoms with E-state index in [2.05, 4.69) is 19.7 Å². The number of carboxylic acids is 1. The lowest BCUT2D eigenvalue weighted by Gasteiger charge is -2.05. The number of sulfonamides is 1. The van der Waals surface area contributed by atoms with Crippen molar-refractivity contribution in [3.63, 3.8) is 0 Å². The lowest BCUT2D eigenvalue weighted by Crippen LogP contribution is -2.21. The Bertz CT molecular complexity index is 1870. The Balaban J connectivity index is 0.000000426. The summed E-state index contributed by atoms with van der Waals surface area (Å²) in [6.07, 6.45) is -2.45. The number of fused-ring (bicyclic) bond motifs is 6. The van der Waals surface area contributed by atoms with Crippen LogP contribution in [0.3, 0.4) is 0 Å². The van der Waals surface area contributed by atoms with Crippen molar-refractivity contribution in [3.8, 4) is 0 Å². The smallest absolute Gasteiger partial charge is 0.475 e. The predicted octanol–water partition coefficient (Wildman–Crippen LogP) is 4.85. The predicted molar refractivity (Wildman–Crippen MR) is 134 cm³/mol. The van der Waals surface area contributed by atoms with Crippen LogP contribution in [0, 0.1) is 5.82 Å². The lowest BCUT2D eigenvalue weighted by molar-refractivity contribution is -0.192. The zero-order chi connectivity index (χ0) is 27.8. The van der Waals surface area contributed by atoms with Gasteiger partial charge in [0.15, 0.2) is 5.16 Å². The zero-order valence-electron chi connectivity index (χ0n) is 19.1. The molecule has 15 heteroatoms. The van der Waals surface area contributed by atoms with Crippen molar-refractivity contribution in [2.24, 2.45) is 0 Å². The number of carbonyl (C=O) groups is 1. The normalized spacial score (nSPS) is 11.9.